The number of nitrogens with one attached hydrogen (secondary N) is 2. The molecule has 29 heavy (non-hydrogen) atoms. The maximum Gasteiger partial charge on any atom is 0.319 e. The third kappa shape index (κ3) is 4.46. The van der Waals surface area contributed by atoms with Gasteiger partial charge in [-0.15, -0.1) is 11.8 Å². The summed E-state index contributed by atoms with van der Waals surface area (Å²) in [4.78, 5) is 16.3. The van der Waals surface area contributed by atoms with Gasteiger partial charge in [-0.2, -0.15) is 0 Å². The van der Waals surface area contributed by atoms with E-state index in [0.29, 0.717) is 11.5 Å². The maximum atomic E-state index is 12.4. The van der Waals surface area contributed by atoms with Crippen LogP contribution in [0.1, 0.15) is 51.4 Å². The maximum absolute atomic E-state index is 12.4. The zero-order valence-corrected chi connectivity index (χ0v) is 18.5. The zero-order valence-electron chi connectivity index (χ0n) is 17.7. The van der Waals surface area contributed by atoms with Crippen LogP contribution in [-0.2, 0) is 0 Å². The lowest BCUT2D eigenvalue weighted by atomic mass is 9.49. The van der Waals surface area contributed by atoms with Gasteiger partial charge >= 0.3 is 6.03 Å². The summed E-state index contributed by atoms with van der Waals surface area (Å²) in [6, 6.07) is 8.26. The Morgan fingerprint density at radius 1 is 1.10 bits per heavy atom. The first-order valence-corrected chi connectivity index (χ1v) is 12.8. The van der Waals surface area contributed by atoms with Gasteiger partial charge in [-0.3, -0.25) is 0 Å². The number of benzene rings is 1. The zero-order chi connectivity index (χ0) is 19.8. The molecule has 1 aliphatic heterocycles. The fourth-order valence-corrected chi connectivity index (χ4v) is 7.71. The third-order valence-electron chi connectivity index (χ3n) is 7.97. The second-order valence-electron chi connectivity index (χ2n) is 10.3. The number of anilines is 1. The average molecular weight is 414 g/mol. The Kier molecular flexibility index (Phi) is 5.55. The molecule has 4 aliphatic carbocycles. The number of thioether (sulfide) groups is 1. The third-order valence-corrected chi connectivity index (χ3v) is 8.70. The first kappa shape index (κ1) is 19.7. The fourth-order valence-electron chi connectivity index (χ4n) is 7.25. The molecule has 0 aromatic heterocycles. The summed E-state index contributed by atoms with van der Waals surface area (Å²) in [6.45, 7) is 3.58. The van der Waals surface area contributed by atoms with E-state index in [2.05, 4.69) is 27.9 Å². The van der Waals surface area contributed by atoms with Crippen LogP contribution in [0.4, 0.5) is 10.5 Å². The van der Waals surface area contributed by atoms with Crippen molar-refractivity contribution >= 4 is 23.5 Å². The van der Waals surface area contributed by atoms with Crippen molar-refractivity contribution in [3.8, 4) is 0 Å². The van der Waals surface area contributed by atoms with Gasteiger partial charge in [0.05, 0.1) is 0 Å². The van der Waals surface area contributed by atoms with Gasteiger partial charge in [-0.1, -0.05) is 6.07 Å². The minimum Gasteiger partial charge on any atom is -0.335 e. The molecule has 2 N–H and O–H groups in total. The van der Waals surface area contributed by atoms with Gasteiger partial charge in [0.2, 0.25) is 0 Å². The number of nitrogens with zero attached hydrogens (tertiary/aromatic N) is 1. The summed E-state index contributed by atoms with van der Waals surface area (Å²) in [5.41, 5.74) is 1.50. The molecule has 2 amide bonds. The summed E-state index contributed by atoms with van der Waals surface area (Å²) in [7, 11) is 0. The van der Waals surface area contributed by atoms with E-state index in [-0.39, 0.29) is 6.03 Å². The highest BCUT2D eigenvalue weighted by Crippen LogP contribution is 2.60. The van der Waals surface area contributed by atoms with Gasteiger partial charge in [-0.25, -0.2) is 4.79 Å². The van der Waals surface area contributed by atoms with Crippen LogP contribution in [0, 0.1) is 23.2 Å². The number of carbonyl (C=O) groups excluding carboxylic acids is 1. The Morgan fingerprint density at radius 2 is 1.76 bits per heavy atom. The lowest BCUT2D eigenvalue weighted by Crippen LogP contribution is -2.53. The predicted octanol–water partition coefficient (Wildman–Crippen LogP) is 5.21. The van der Waals surface area contributed by atoms with Crippen molar-refractivity contribution in [2.75, 3.05) is 31.2 Å². The van der Waals surface area contributed by atoms with Crippen molar-refractivity contribution in [3.05, 3.63) is 24.3 Å². The van der Waals surface area contributed by atoms with Gasteiger partial charge in [-0.05, 0) is 99.0 Å². The lowest BCUT2D eigenvalue weighted by Gasteiger charge is -2.58. The quantitative estimate of drug-likeness (QED) is 0.651. The Bertz CT molecular complexity index is 708. The molecular weight excluding hydrogens is 378 g/mol. The number of hydrogen-bond donors (Lipinski definition) is 2. The van der Waals surface area contributed by atoms with E-state index in [1.54, 1.807) is 11.8 Å². The minimum atomic E-state index is -0.0669. The number of rotatable bonds is 5. The smallest absolute Gasteiger partial charge is 0.319 e. The first-order valence-electron chi connectivity index (χ1n) is 11.5. The van der Waals surface area contributed by atoms with E-state index in [0.717, 1.165) is 49.4 Å². The number of hydrogen-bond acceptors (Lipinski definition) is 3. The molecule has 5 aliphatic rings. The number of piperidine rings is 1. The average Bonchev–Trinajstić information content (AvgIpc) is 2.68. The molecule has 5 heteroatoms. The molecule has 1 aromatic carbocycles. The second kappa shape index (κ2) is 8.14. The van der Waals surface area contributed by atoms with Crippen LogP contribution in [0.2, 0.25) is 0 Å². The van der Waals surface area contributed by atoms with Crippen LogP contribution in [0.5, 0.6) is 0 Å². The van der Waals surface area contributed by atoms with E-state index in [1.165, 1.54) is 50.0 Å². The standard InChI is InChI=1S/C24H35N3OS/c1-29-22-4-2-3-21(12-22)26-23(28)25-20-5-7-27(8-6-20)16-24-13-17-9-18(14-24)11-19(10-17)15-24/h2-4,12,17-20H,5-11,13-16H2,1H3,(H2,25,26,28). The van der Waals surface area contributed by atoms with Crippen LogP contribution in [0.15, 0.2) is 29.2 Å². The number of urea groups is 1. The molecule has 5 fully saturated rings. The van der Waals surface area contributed by atoms with Gasteiger partial charge in [0.15, 0.2) is 0 Å². The van der Waals surface area contributed by atoms with Crippen LogP contribution >= 0.6 is 11.8 Å². The van der Waals surface area contributed by atoms with E-state index in [9.17, 15) is 4.79 Å². The highest BCUT2D eigenvalue weighted by molar-refractivity contribution is 7.98. The molecule has 0 unspecified atom stereocenters. The molecule has 0 atom stereocenters. The molecule has 158 valence electrons. The highest BCUT2D eigenvalue weighted by atomic mass is 32.2. The topological polar surface area (TPSA) is 44.4 Å². The van der Waals surface area contributed by atoms with Crippen molar-refractivity contribution < 1.29 is 4.79 Å². The van der Waals surface area contributed by atoms with E-state index in [4.69, 9.17) is 0 Å². The number of likely N-dealkylation sites (tertiary alicyclic amines) is 1. The largest absolute Gasteiger partial charge is 0.335 e. The Morgan fingerprint density at radius 3 is 2.38 bits per heavy atom. The summed E-state index contributed by atoms with van der Waals surface area (Å²) in [5, 5.41) is 6.20. The molecule has 0 radical (unpaired) electrons. The number of carbonyl (C=O) groups is 1. The van der Waals surface area contributed by atoms with E-state index in [1.807, 2.05) is 18.2 Å². The van der Waals surface area contributed by atoms with Crippen molar-refractivity contribution in [3.63, 3.8) is 0 Å². The predicted molar refractivity (Wildman–Crippen MR) is 120 cm³/mol. The second-order valence-corrected chi connectivity index (χ2v) is 11.2. The molecule has 4 bridgehead atoms. The lowest BCUT2D eigenvalue weighted by molar-refractivity contribution is -0.0715. The summed E-state index contributed by atoms with van der Waals surface area (Å²) >= 11 is 1.69. The Labute approximate surface area is 179 Å². The molecule has 6 rings (SSSR count). The fraction of sp³-hybridized carbons (Fsp3) is 0.708. The van der Waals surface area contributed by atoms with Crippen molar-refractivity contribution in [1.29, 1.82) is 0 Å². The van der Waals surface area contributed by atoms with Crippen molar-refractivity contribution in [1.82, 2.24) is 10.2 Å². The van der Waals surface area contributed by atoms with Gasteiger partial charge < -0.3 is 15.5 Å². The minimum absolute atomic E-state index is 0.0669. The van der Waals surface area contributed by atoms with Gasteiger partial charge in [0.1, 0.15) is 0 Å². The van der Waals surface area contributed by atoms with E-state index >= 15 is 0 Å². The summed E-state index contributed by atoms with van der Waals surface area (Å²) in [6.07, 6.45) is 13.3. The summed E-state index contributed by atoms with van der Waals surface area (Å²) < 4.78 is 0. The molecular formula is C24H35N3OS. The van der Waals surface area contributed by atoms with Crippen LogP contribution < -0.4 is 10.6 Å². The Balaban J connectivity index is 1.09. The monoisotopic (exact) mass is 413 g/mol. The van der Waals surface area contributed by atoms with Crippen molar-refractivity contribution in [2.24, 2.45) is 23.2 Å². The normalized spacial score (nSPS) is 34.3. The number of amides is 2. The van der Waals surface area contributed by atoms with Gasteiger partial charge in [0.25, 0.3) is 0 Å². The van der Waals surface area contributed by atoms with Crippen LogP contribution in [-0.4, -0.2) is 42.9 Å². The van der Waals surface area contributed by atoms with Gasteiger partial charge in [0, 0.05) is 36.3 Å². The van der Waals surface area contributed by atoms with Crippen molar-refractivity contribution in [2.45, 2.75) is 62.3 Å². The van der Waals surface area contributed by atoms with Crippen LogP contribution in [0.3, 0.4) is 0 Å². The van der Waals surface area contributed by atoms with E-state index < -0.39 is 0 Å². The molecule has 0 spiro atoms. The van der Waals surface area contributed by atoms with Crippen LogP contribution in [0.25, 0.3) is 0 Å². The molecule has 4 saturated carbocycles. The molecule has 1 heterocycles. The first-order chi connectivity index (χ1) is 14.1. The summed E-state index contributed by atoms with van der Waals surface area (Å²) in [5.74, 6) is 3.11. The highest BCUT2D eigenvalue weighted by Gasteiger charge is 2.51. The molecule has 4 nitrogen and oxygen atoms in total. The SMILES string of the molecule is CSc1cccc(NC(=O)NC2CCN(CC34CC5CC(CC(C5)C3)C4)CC2)c1. The Hall–Kier alpha value is -1.20. The molecule has 1 saturated heterocycles. The molecule has 1 aromatic rings.